The Kier molecular flexibility index (Phi) is 4.77. The number of ether oxygens (including phenoxy) is 2. The van der Waals surface area contributed by atoms with Crippen LogP contribution < -0.4 is 10.5 Å². The number of hydrogen-bond donors (Lipinski definition) is 1. The Morgan fingerprint density at radius 1 is 1.42 bits per heavy atom. The van der Waals surface area contributed by atoms with Gasteiger partial charge in [0.05, 0.1) is 19.3 Å². The number of rotatable bonds is 4. The molecule has 0 aliphatic carbocycles. The number of esters is 1. The summed E-state index contributed by atoms with van der Waals surface area (Å²) in [6.45, 7) is 1.69. The van der Waals surface area contributed by atoms with Crippen molar-refractivity contribution >= 4 is 5.97 Å². The number of methoxy groups -OCH3 is 1. The van der Waals surface area contributed by atoms with Gasteiger partial charge in [-0.1, -0.05) is 6.07 Å². The SMILES string of the molecule is CCOC(=O)C(N)c1ccc(OC)c(C(F)(F)F)c1. The molecule has 0 bridgehead atoms. The summed E-state index contributed by atoms with van der Waals surface area (Å²) in [6, 6.07) is 1.96. The number of carbonyl (C=O) groups excluding carboxylic acids is 1. The van der Waals surface area contributed by atoms with Crippen LogP contribution in [0.25, 0.3) is 0 Å². The first-order valence-corrected chi connectivity index (χ1v) is 5.48. The van der Waals surface area contributed by atoms with Crippen molar-refractivity contribution in [3.05, 3.63) is 29.3 Å². The third kappa shape index (κ3) is 3.60. The molecule has 1 rings (SSSR count). The van der Waals surface area contributed by atoms with Crippen molar-refractivity contribution in [1.82, 2.24) is 0 Å². The quantitative estimate of drug-likeness (QED) is 0.858. The van der Waals surface area contributed by atoms with Crippen LogP contribution in [0.1, 0.15) is 24.1 Å². The topological polar surface area (TPSA) is 61.5 Å². The zero-order valence-corrected chi connectivity index (χ0v) is 10.5. The van der Waals surface area contributed by atoms with Crippen LogP contribution in [0.5, 0.6) is 5.75 Å². The lowest BCUT2D eigenvalue weighted by Crippen LogP contribution is -2.24. The fourth-order valence-corrected chi connectivity index (χ4v) is 1.51. The standard InChI is InChI=1S/C12H14F3NO3/c1-3-19-11(17)10(16)7-4-5-9(18-2)8(6-7)12(13,14)15/h4-6,10H,3,16H2,1-2H3. The third-order valence-electron chi connectivity index (χ3n) is 2.43. The molecular formula is C12H14F3NO3. The molecule has 1 aromatic carbocycles. The van der Waals surface area contributed by atoms with Crippen molar-refractivity contribution in [2.24, 2.45) is 5.73 Å². The van der Waals surface area contributed by atoms with Crippen LogP contribution in [0.4, 0.5) is 13.2 Å². The van der Waals surface area contributed by atoms with Crippen LogP contribution in [-0.4, -0.2) is 19.7 Å². The second kappa shape index (κ2) is 5.92. The van der Waals surface area contributed by atoms with E-state index < -0.39 is 23.8 Å². The maximum absolute atomic E-state index is 12.8. The maximum Gasteiger partial charge on any atom is 0.419 e. The fraction of sp³-hybridized carbons (Fsp3) is 0.417. The molecule has 7 heteroatoms. The smallest absolute Gasteiger partial charge is 0.419 e. The summed E-state index contributed by atoms with van der Waals surface area (Å²) < 4.78 is 47.7. The molecule has 0 amide bonds. The van der Waals surface area contributed by atoms with Crippen LogP contribution in [0.2, 0.25) is 0 Å². The van der Waals surface area contributed by atoms with Gasteiger partial charge in [0.25, 0.3) is 0 Å². The molecule has 0 aliphatic heterocycles. The molecule has 4 nitrogen and oxygen atoms in total. The first-order valence-electron chi connectivity index (χ1n) is 5.48. The average Bonchev–Trinajstić information content (AvgIpc) is 2.36. The lowest BCUT2D eigenvalue weighted by molar-refractivity contribution is -0.145. The number of alkyl halides is 3. The number of hydrogen-bond acceptors (Lipinski definition) is 4. The third-order valence-corrected chi connectivity index (χ3v) is 2.43. The molecule has 0 fully saturated rings. The number of carbonyl (C=O) groups is 1. The van der Waals surface area contributed by atoms with Crippen molar-refractivity contribution in [3.63, 3.8) is 0 Å². The van der Waals surface area contributed by atoms with Crippen LogP contribution >= 0.6 is 0 Å². The summed E-state index contributed by atoms with van der Waals surface area (Å²) in [5, 5.41) is 0. The van der Waals surface area contributed by atoms with Gasteiger partial charge in [0, 0.05) is 0 Å². The second-order valence-corrected chi connectivity index (χ2v) is 3.69. The highest BCUT2D eigenvalue weighted by molar-refractivity contribution is 5.77. The first kappa shape index (κ1) is 15.3. The molecule has 2 N–H and O–H groups in total. The monoisotopic (exact) mass is 277 g/mol. The normalized spacial score (nSPS) is 12.9. The van der Waals surface area contributed by atoms with E-state index in [1.54, 1.807) is 6.92 Å². The van der Waals surface area contributed by atoms with E-state index in [1.807, 2.05) is 0 Å². The van der Waals surface area contributed by atoms with Crippen molar-refractivity contribution in [3.8, 4) is 5.75 Å². The van der Waals surface area contributed by atoms with Crippen LogP contribution in [0.15, 0.2) is 18.2 Å². The molecule has 0 aromatic heterocycles. The van der Waals surface area contributed by atoms with E-state index in [9.17, 15) is 18.0 Å². The van der Waals surface area contributed by atoms with Crippen LogP contribution in [0.3, 0.4) is 0 Å². The van der Waals surface area contributed by atoms with Crippen molar-refractivity contribution in [2.45, 2.75) is 19.1 Å². The molecule has 0 spiro atoms. The predicted octanol–water partition coefficient (Wildman–Crippen LogP) is 2.28. The highest BCUT2D eigenvalue weighted by Crippen LogP contribution is 2.37. The van der Waals surface area contributed by atoms with E-state index in [2.05, 4.69) is 9.47 Å². The largest absolute Gasteiger partial charge is 0.496 e. The van der Waals surface area contributed by atoms with Crippen molar-refractivity contribution in [1.29, 1.82) is 0 Å². The Balaban J connectivity index is 3.15. The van der Waals surface area contributed by atoms with Gasteiger partial charge in [0.15, 0.2) is 0 Å². The lowest BCUT2D eigenvalue weighted by Gasteiger charge is -2.16. The maximum atomic E-state index is 12.8. The van der Waals surface area contributed by atoms with Gasteiger partial charge in [0.1, 0.15) is 11.8 Å². The van der Waals surface area contributed by atoms with E-state index in [0.717, 1.165) is 19.2 Å². The van der Waals surface area contributed by atoms with Gasteiger partial charge in [-0.2, -0.15) is 13.2 Å². The lowest BCUT2D eigenvalue weighted by atomic mass is 10.0. The highest BCUT2D eigenvalue weighted by atomic mass is 19.4. The molecule has 19 heavy (non-hydrogen) atoms. The minimum atomic E-state index is -4.59. The average molecular weight is 277 g/mol. The summed E-state index contributed by atoms with van der Waals surface area (Å²) in [7, 11) is 1.13. The van der Waals surface area contributed by atoms with Gasteiger partial charge in [0.2, 0.25) is 0 Å². The van der Waals surface area contributed by atoms with Gasteiger partial charge >= 0.3 is 12.1 Å². The van der Waals surface area contributed by atoms with Crippen LogP contribution in [-0.2, 0) is 15.7 Å². The molecule has 1 unspecified atom stereocenters. The van der Waals surface area contributed by atoms with Crippen molar-refractivity contribution in [2.75, 3.05) is 13.7 Å². The minimum Gasteiger partial charge on any atom is -0.496 e. The van der Waals surface area contributed by atoms with E-state index >= 15 is 0 Å². The molecule has 0 aliphatic rings. The summed E-state index contributed by atoms with van der Waals surface area (Å²) in [5.74, 6) is -1.10. The molecule has 1 atom stereocenters. The Bertz CT molecular complexity index is 460. The Morgan fingerprint density at radius 3 is 2.53 bits per heavy atom. The summed E-state index contributed by atoms with van der Waals surface area (Å²) in [5.41, 5.74) is 4.59. The molecule has 1 aromatic rings. The summed E-state index contributed by atoms with van der Waals surface area (Å²) >= 11 is 0. The van der Waals surface area contributed by atoms with Gasteiger partial charge in [-0.25, -0.2) is 4.79 Å². The molecule has 0 radical (unpaired) electrons. The zero-order valence-electron chi connectivity index (χ0n) is 10.5. The summed E-state index contributed by atoms with van der Waals surface area (Å²) in [6.07, 6.45) is -4.59. The van der Waals surface area contributed by atoms with Gasteiger partial charge < -0.3 is 15.2 Å². The van der Waals surface area contributed by atoms with Gasteiger partial charge in [-0.05, 0) is 24.6 Å². The van der Waals surface area contributed by atoms with Gasteiger partial charge in [-0.3, -0.25) is 0 Å². The van der Waals surface area contributed by atoms with E-state index in [1.165, 1.54) is 6.07 Å². The Morgan fingerprint density at radius 2 is 2.05 bits per heavy atom. The van der Waals surface area contributed by atoms with E-state index in [-0.39, 0.29) is 17.9 Å². The second-order valence-electron chi connectivity index (χ2n) is 3.69. The molecule has 106 valence electrons. The molecule has 0 heterocycles. The molecular weight excluding hydrogens is 263 g/mol. The number of halogens is 3. The van der Waals surface area contributed by atoms with Gasteiger partial charge in [-0.15, -0.1) is 0 Å². The zero-order chi connectivity index (χ0) is 14.6. The minimum absolute atomic E-state index is 0.0200. The number of nitrogens with two attached hydrogens (primary N) is 1. The van der Waals surface area contributed by atoms with Crippen molar-refractivity contribution < 1.29 is 27.4 Å². The Labute approximate surface area is 108 Å². The highest BCUT2D eigenvalue weighted by Gasteiger charge is 2.35. The van der Waals surface area contributed by atoms with E-state index in [4.69, 9.17) is 5.73 Å². The van der Waals surface area contributed by atoms with E-state index in [0.29, 0.717) is 0 Å². The first-order chi connectivity index (χ1) is 8.81. The fourth-order valence-electron chi connectivity index (χ4n) is 1.51. The summed E-state index contributed by atoms with van der Waals surface area (Å²) in [4.78, 5) is 11.4. The molecule has 0 saturated heterocycles. The van der Waals surface area contributed by atoms with Crippen LogP contribution in [0, 0.1) is 0 Å². The predicted molar refractivity (Wildman–Crippen MR) is 61.6 cm³/mol. The Hall–Kier alpha value is -1.76. The molecule has 0 saturated carbocycles. The number of benzene rings is 1.